The van der Waals surface area contributed by atoms with E-state index in [1.54, 1.807) is 14.2 Å². The number of benzene rings is 1. The molecular weight excluding hydrogens is 529 g/mol. The molecule has 188 valence electrons. The Labute approximate surface area is 217 Å². The summed E-state index contributed by atoms with van der Waals surface area (Å²) in [4.78, 5) is 9.52. The third kappa shape index (κ3) is 8.70. The van der Waals surface area contributed by atoms with E-state index in [-0.39, 0.29) is 24.0 Å². The fourth-order valence-electron chi connectivity index (χ4n) is 4.89. The minimum Gasteiger partial charge on any atom is -0.497 e. The first kappa shape index (κ1) is 27.8. The molecule has 2 heterocycles. The van der Waals surface area contributed by atoms with Gasteiger partial charge in [0.25, 0.3) is 0 Å². The van der Waals surface area contributed by atoms with E-state index in [0.717, 1.165) is 61.5 Å². The molecule has 8 heteroatoms. The zero-order valence-electron chi connectivity index (χ0n) is 21.1. The summed E-state index contributed by atoms with van der Waals surface area (Å²) in [5.74, 6) is 4.04. The lowest BCUT2D eigenvalue weighted by Gasteiger charge is -2.36. The second-order valence-corrected chi connectivity index (χ2v) is 9.59. The fourth-order valence-corrected chi connectivity index (χ4v) is 4.89. The van der Waals surface area contributed by atoms with Crippen molar-refractivity contribution in [3.05, 3.63) is 18.2 Å². The van der Waals surface area contributed by atoms with E-state index in [9.17, 15) is 0 Å². The molecule has 1 unspecified atom stereocenters. The Hall–Kier alpha value is -1.42. The number of ether oxygens (including phenoxy) is 2. The lowest BCUT2D eigenvalue weighted by atomic mass is 9.97. The molecule has 0 aliphatic carbocycles. The predicted molar refractivity (Wildman–Crippen MR) is 149 cm³/mol. The zero-order valence-corrected chi connectivity index (χ0v) is 23.4. The normalized spacial score (nSPS) is 20.4. The molecule has 0 bridgehead atoms. The van der Waals surface area contributed by atoms with Crippen molar-refractivity contribution in [3.8, 4) is 11.5 Å². The van der Waals surface area contributed by atoms with Gasteiger partial charge < -0.3 is 29.9 Å². The highest BCUT2D eigenvalue weighted by Gasteiger charge is 2.23. The number of anilines is 1. The van der Waals surface area contributed by atoms with Crippen molar-refractivity contribution in [2.75, 3.05) is 65.4 Å². The molecule has 1 atom stereocenters. The second-order valence-electron chi connectivity index (χ2n) is 9.59. The van der Waals surface area contributed by atoms with Crippen molar-refractivity contribution in [3.63, 3.8) is 0 Å². The molecule has 0 radical (unpaired) electrons. The Morgan fingerprint density at radius 1 is 1.06 bits per heavy atom. The molecule has 1 aromatic rings. The monoisotopic (exact) mass is 573 g/mol. The molecule has 3 rings (SSSR count). The molecule has 0 spiro atoms. The molecule has 2 aliphatic heterocycles. The maximum Gasteiger partial charge on any atom is 0.191 e. The van der Waals surface area contributed by atoms with E-state index in [0.29, 0.717) is 12.0 Å². The number of piperidine rings is 2. The van der Waals surface area contributed by atoms with Crippen molar-refractivity contribution in [2.24, 2.45) is 16.8 Å². The minimum atomic E-state index is 0. The molecule has 0 saturated carbocycles. The average molecular weight is 574 g/mol. The maximum absolute atomic E-state index is 5.43. The summed E-state index contributed by atoms with van der Waals surface area (Å²) in [6.45, 7) is 11.3. The second kappa shape index (κ2) is 14.1. The van der Waals surface area contributed by atoms with Gasteiger partial charge in [-0.25, -0.2) is 0 Å². The third-order valence-electron chi connectivity index (χ3n) is 6.55. The Morgan fingerprint density at radius 3 is 2.30 bits per heavy atom. The number of methoxy groups -OCH3 is 2. The number of aliphatic imine (C=N–C) groups is 1. The molecule has 0 aromatic heterocycles. The van der Waals surface area contributed by atoms with Crippen LogP contribution >= 0.6 is 24.0 Å². The van der Waals surface area contributed by atoms with Crippen LogP contribution in [-0.4, -0.2) is 77.4 Å². The number of hydrogen-bond acceptors (Lipinski definition) is 5. The molecule has 2 N–H and O–H groups in total. The van der Waals surface area contributed by atoms with Crippen LogP contribution < -0.4 is 25.0 Å². The highest BCUT2D eigenvalue weighted by molar-refractivity contribution is 14.0. The van der Waals surface area contributed by atoms with E-state index in [1.165, 1.54) is 32.5 Å². The first-order valence-electron chi connectivity index (χ1n) is 12.2. The summed E-state index contributed by atoms with van der Waals surface area (Å²) >= 11 is 0. The van der Waals surface area contributed by atoms with Gasteiger partial charge in [-0.2, -0.15) is 0 Å². The van der Waals surface area contributed by atoms with Gasteiger partial charge in [-0.05, 0) is 44.1 Å². The summed E-state index contributed by atoms with van der Waals surface area (Å²) in [5, 5.41) is 7.25. The van der Waals surface area contributed by atoms with Gasteiger partial charge >= 0.3 is 0 Å². The van der Waals surface area contributed by atoms with E-state index < -0.39 is 0 Å². The lowest BCUT2D eigenvalue weighted by Crippen LogP contribution is -2.50. The van der Waals surface area contributed by atoms with Gasteiger partial charge in [0, 0.05) is 69.7 Å². The Morgan fingerprint density at radius 2 is 1.73 bits per heavy atom. The molecule has 0 amide bonds. The van der Waals surface area contributed by atoms with E-state index in [1.807, 2.05) is 13.1 Å². The molecule has 2 aliphatic rings. The van der Waals surface area contributed by atoms with Gasteiger partial charge in [-0.15, -0.1) is 24.0 Å². The van der Waals surface area contributed by atoms with Gasteiger partial charge in [0.05, 0.1) is 14.2 Å². The number of halogens is 1. The van der Waals surface area contributed by atoms with Crippen molar-refractivity contribution >= 4 is 35.6 Å². The molecular formula is C25H44IN5O2. The number of nitrogens with one attached hydrogen (secondary N) is 2. The summed E-state index contributed by atoms with van der Waals surface area (Å²) in [7, 11) is 5.27. The fraction of sp³-hybridized carbons (Fsp3) is 0.720. The molecule has 2 saturated heterocycles. The lowest BCUT2D eigenvalue weighted by molar-refractivity contribution is 0.159. The maximum atomic E-state index is 5.43. The first-order chi connectivity index (χ1) is 15.5. The summed E-state index contributed by atoms with van der Waals surface area (Å²) < 4.78 is 10.9. The number of nitrogens with zero attached hydrogens (tertiary/aromatic N) is 3. The van der Waals surface area contributed by atoms with Gasteiger partial charge in [0.2, 0.25) is 0 Å². The topological polar surface area (TPSA) is 61.4 Å². The van der Waals surface area contributed by atoms with E-state index >= 15 is 0 Å². The number of rotatable bonds is 8. The van der Waals surface area contributed by atoms with Crippen LogP contribution in [0.2, 0.25) is 0 Å². The third-order valence-corrected chi connectivity index (χ3v) is 6.55. The van der Waals surface area contributed by atoms with Crippen LogP contribution in [0.3, 0.4) is 0 Å². The first-order valence-corrected chi connectivity index (χ1v) is 12.2. The van der Waals surface area contributed by atoms with Crippen LogP contribution in [0.25, 0.3) is 0 Å². The van der Waals surface area contributed by atoms with Gasteiger partial charge in [-0.3, -0.25) is 4.99 Å². The van der Waals surface area contributed by atoms with Crippen LogP contribution in [0.15, 0.2) is 23.2 Å². The molecule has 33 heavy (non-hydrogen) atoms. The predicted octanol–water partition coefficient (Wildman–Crippen LogP) is 3.82. The van der Waals surface area contributed by atoms with Crippen molar-refractivity contribution in [1.82, 2.24) is 15.5 Å². The van der Waals surface area contributed by atoms with Gasteiger partial charge in [-0.1, -0.05) is 13.8 Å². The molecule has 1 aromatic carbocycles. The van der Waals surface area contributed by atoms with Crippen LogP contribution in [0.1, 0.15) is 39.5 Å². The smallest absolute Gasteiger partial charge is 0.191 e. The highest BCUT2D eigenvalue weighted by atomic mass is 127. The van der Waals surface area contributed by atoms with Crippen molar-refractivity contribution < 1.29 is 9.47 Å². The quantitative estimate of drug-likeness (QED) is 0.280. The summed E-state index contributed by atoms with van der Waals surface area (Å²) in [6.07, 6.45) is 4.76. The minimum absolute atomic E-state index is 0. The average Bonchev–Trinajstić information content (AvgIpc) is 2.81. The Bertz CT molecular complexity index is 715. The van der Waals surface area contributed by atoms with Crippen LogP contribution in [0.4, 0.5) is 5.69 Å². The molecule has 2 fully saturated rings. The van der Waals surface area contributed by atoms with Crippen LogP contribution in [-0.2, 0) is 0 Å². The van der Waals surface area contributed by atoms with E-state index in [4.69, 9.17) is 9.47 Å². The number of likely N-dealkylation sites (tertiary alicyclic amines) is 1. The van der Waals surface area contributed by atoms with Crippen molar-refractivity contribution in [1.29, 1.82) is 0 Å². The number of hydrogen-bond donors (Lipinski definition) is 2. The zero-order chi connectivity index (χ0) is 22.9. The Balaban J connectivity index is 0.00000385. The van der Waals surface area contributed by atoms with Crippen LogP contribution in [0.5, 0.6) is 11.5 Å². The van der Waals surface area contributed by atoms with Crippen LogP contribution in [0, 0.1) is 11.8 Å². The van der Waals surface area contributed by atoms with Gasteiger partial charge in [0.1, 0.15) is 11.5 Å². The Kier molecular flexibility index (Phi) is 11.9. The largest absolute Gasteiger partial charge is 0.497 e. The standard InChI is InChI=1S/C25H43N5O2.HI/c1-19(2)17-29-10-6-7-20(18-29)16-27-25(26-3)28-21-8-11-30(12-9-21)22-13-23(31-4)15-24(14-22)32-5;/h13-15,19-21H,6-12,16-18H2,1-5H3,(H2,26,27,28);1H. The molecule has 7 nitrogen and oxygen atoms in total. The van der Waals surface area contributed by atoms with Crippen molar-refractivity contribution in [2.45, 2.75) is 45.6 Å². The summed E-state index contributed by atoms with van der Waals surface area (Å²) in [6, 6.07) is 6.53. The van der Waals surface area contributed by atoms with E-state index in [2.05, 4.69) is 51.4 Å². The SMILES string of the molecule is CN=C(NCC1CCCN(CC(C)C)C1)NC1CCN(c2cc(OC)cc(OC)c2)CC1.I. The highest BCUT2D eigenvalue weighted by Crippen LogP contribution is 2.30. The van der Waals surface area contributed by atoms with Gasteiger partial charge in [0.15, 0.2) is 5.96 Å². The number of guanidine groups is 1. The summed E-state index contributed by atoms with van der Waals surface area (Å²) in [5.41, 5.74) is 1.16.